The van der Waals surface area contributed by atoms with Crippen LogP contribution in [0.2, 0.25) is 0 Å². The summed E-state index contributed by atoms with van der Waals surface area (Å²) in [5.41, 5.74) is 0.232. The van der Waals surface area contributed by atoms with Gasteiger partial charge in [-0.3, -0.25) is 10.1 Å². The molecule has 1 aliphatic rings. The number of rotatable bonds is 5. The second kappa shape index (κ2) is 5.18. The van der Waals surface area contributed by atoms with Gasteiger partial charge in [0.25, 0.3) is 5.91 Å². The van der Waals surface area contributed by atoms with Gasteiger partial charge < -0.3 is 10.1 Å². The third kappa shape index (κ3) is 2.87. The van der Waals surface area contributed by atoms with Crippen LogP contribution in [0, 0.1) is 0 Å². The summed E-state index contributed by atoms with van der Waals surface area (Å²) in [6, 6.07) is 9.36. The van der Waals surface area contributed by atoms with Crippen LogP contribution in [0.3, 0.4) is 0 Å². The van der Waals surface area contributed by atoms with Gasteiger partial charge in [0.05, 0.1) is 6.61 Å². The number of hydrogen-bond donors (Lipinski definition) is 2. The second-order valence-corrected chi connectivity index (χ2v) is 4.53. The maximum atomic E-state index is 11.5. The predicted molar refractivity (Wildman–Crippen MR) is 65.8 cm³/mol. The average molecular weight is 248 g/mol. The minimum Gasteiger partial charge on any atom is -0.377 e. The number of nitrogens with one attached hydrogen (secondary N) is 2. The van der Waals surface area contributed by atoms with Crippen LogP contribution in [-0.4, -0.2) is 24.1 Å². The van der Waals surface area contributed by atoms with Gasteiger partial charge in [0, 0.05) is 13.0 Å². The van der Waals surface area contributed by atoms with Crippen LogP contribution >= 0.6 is 0 Å². The molecule has 0 radical (unpaired) electrons. The number of imide groups is 1. The second-order valence-electron chi connectivity index (χ2n) is 4.53. The summed E-state index contributed by atoms with van der Waals surface area (Å²) in [5, 5.41) is 4.82. The van der Waals surface area contributed by atoms with Crippen molar-refractivity contribution in [2.45, 2.75) is 25.5 Å². The Morgan fingerprint density at radius 3 is 2.56 bits per heavy atom. The molecule has 18 heavy (non-hydrogen) atoms. The van der Waals surface area contributed by atoms with Gasteiger partial charge in [0.1, 0.15) is 5.54 Å². The summed E-state index contributed by atoms with van der Waals surface area (Å²) in [4.78, 5) is 22.6. The third-order valence-electron chi connectivity index (χ3n) is 2.98. The van der Waals surface area contributed by atoms with Crippen molar-refractivity contribution >= 4 is 11.9 Å². The van der Waals surface area contributed by atoms with Gasteiger partial charge in [-0.05, 0) is 12.5 Å². The average Bonchev–Trinajstić information content (AvgIpc) is 2.60. The molecular weight excluding hydrogens is 232 g/mol. The van der Waals surface area contributed by atoms with Crippen molar-refractivity contribution in [2.24, 2.45) is 0 Å². The number of urea groups is 1. The van der Waals surface area contributed by atoms with E-state index in [1.807, 2.05) is 30.3 Å². The van der Waals surface area contributed by atoms with Gasteiger partial charge in [-0.15, -0.1) is 0 Å². The predicted octanol–water partition coefficient (Wildman–Crippen LogP) is 1.19. The molecule has 1 atom stereocenters. The van der Waals surface area contributed by atoms with E-state index in [4.69, 9.17) is 4.74 Å². The largest absolute Gasteiger partial charge is 0.377 e. The number of hydrogen-bond acceptors (Lipinski definition) is 3. The number of carbonyl (C=O) groups excluding carboxylic acids is 2. The van der Waals surface area contributed by atoms with Crippen molar-refractivity contribution in [3.05, 3.63) is 35.9 Å². The maximum Gasteiger partial charge on any atom is 0.322 e. The molecule has 1 fully saturated rings. The van der Waals surface area contributed by atoms with Crippen molar-refractivity contribution in [3.8, 4) is 0 Å². The highest BCUT2D eigenvalue weighted by Gasteiger charge is 2.41. The lowest BCUT2D eigenvalue weighted by Crippen LogP contribution is -2.44. The minimum absolute atomic E-state index is 0.296. The smallest absolute Gasteiger partial charge is 0.322 e. The highest BCUT2D eigenvalue weighted by molar-refractivity contribution is 6.06. The molecule has 0 spiro atoms. The normalized spacial score (nSPS) is 22.7. The lowest BCUT2D eigenvalue weighted by Gasteiger charge is -2.20. The van der Waals surface area contributed by atoms with Crippen LogP contribution in [0.25, 0.3) is 0 Å². The van der Waals surface area contributed by atoms with E-state index in [0.717, 1.165) is 5.56 Å². The summed E-state index contributed by atoms with van der Waals surface area (Å²) >= 11 is 0. The van der Waals surface area contributed by atoms with Crippen molar-refractivity contribution in [1.29, 1.82) is 0 Å². The molecule has 3 amide bonds. The first-order chi connectivity index (χ1) is 8.60. The van der Waals surface area contributed by atoms with Crippen LogP contribution in [0.5, 0.6) is 0 Å². The first kappa shape index (κ1) is 12.6. The third-order valence-corrected chi connectivity index (χ3v) is 2.98. The Labute approximate surface area is 106 Å². The lowest BCUT2D eigenvalue weighted by atomic mass is 9.99. The summed E-state index contributed by atoms with van der Waals surface area (Å²) in [6.45, 7) is 2.62. The van der Waals surface area contributed by atoms with Gasteiger partial charge in [-0.2, -0.15) is 0 Å². The summed E-state index contributed by atoms with van der Waals surface area (Å²) in [5.74, 6) is -0.296. The summed E-state index contributed by atoms with van der Waals surface area (Å²) in [7, 11) is 0. The molecule has 96 valence electrons. The number of ether oxygens (including phenoxy) is 1. The molecule has 2 N–H and O–H groups in total. The van der Waals surface area contributed by atoms with E-state index < -0.39 is 11.6 Å². The number of amides is 3. The van der Waals surface area contributed by atoms with Crippen molar-refractivity contribution in [1.82, 2.24) is 10.6 Å². The Balaban J connectivity index is 1.76. The quantitative estimate of drug-likeness (QED) is 0.607. The van der Waals surface area contributed by atoms with Gasteiger partial charge in [0.15, 0.2) is 0 Å². The summed E-state index contributed by atoms with van der Waals surface area (Å²) in [6.07, 6.45) is 0.456. The highest BCUT2D eigenvalue weighted by Crippen LogP contribution is 2.14. The number of benzene rings is 1. The van der Waals surface area contributed by atoms with Gasteiger partial charge in [-0.25, -0.2) is 4.79 Å². The van der Waals surface area contributed by atoms with Crippen molar-refractivity contribution in [2.75, 3.05) is 6.61 Å². The van der Waals surface area contributed by atoms with Crippen LogP contribution in [0.15, 0.2) is 30.3 Å². The van der Waals surface area contributed by atoms with Crippen LogP contribution < -0.4 is 10.6 Å². The van der Waals surface area contributed by atoms with Gasteiger partial charge >= 0.3 is 6.03 Å². The topological polar surface area (TPSA) is 67.4 Å². The molecule has 5 nitrogen and oxygen atoms in total. The first-order valence-electron chi connectivity index (χ1n) is 5.85. The maximum absolute atomic E-state index is 11.5. The first-order valence-corrected chi connectivity index (χ1v) is 5.85. The zero-order chi connectivity index (χ0) is 13.0. The fraction of sp³-hybridized carbons (Fsp3) is 0.385. The zero-order valence-electron chi connectivity index (χ0n) is 10.2. The van der Waals surface area contributed by atoms with E-state index in [9.17, 15) is 9.59 Å². The molecule has 2 rings (SSSR count). The minimum atomic E-state index is -0.853. The Morgan fingerprint density at radius 2 is 1.94 bits per heavy atom. The zero-order valence-corrected chi connectivity index (χ0v) is 10.2. The fourth-order valence-electron chi connectivity index (χ4n) is 1.80. The van der Waals surface area contributed by atoms with E-state index >= 15 is 0 Å². The Kier molecular flexibility index (Phi) is 3.62. The van der Waals surface area contributed by atoms with E-state index in [0.29, 0.717) is 19.6 Å². The molecule has 0 unspecified atom stereocenters. The molecule has 1 aromatic carbocycles. The van der Waals surface area contributed by atoms with E-state index in [1.165, 1.54) is 0 Å². The van der Waals surface area contributed by atoms with Crippen LogP contribution in [0.1, 0.15) is 18.9 Å². The van der Waals surface area contributed by atoms with E-state index in [1.54, 1.807) is 6.92 Å². The molecule has 1 heterocycles. The van der Waals surface area contributed by atoms with Crippen molar-refractivity contribution < 1.29 is 14.3 Å². The fourth-order valence-corrected chi connectivity index (χ4v) is 1.80. The monoisotopic (exact) mass is 248 g/mol. The molecule has 1 aromatic rings. The molecule has 0 aliphatic carbocycles. The SMILES string of the molecule is C[C@]1(CCOCc2ccccc2)NC(=O)NC1=O. The lowest BCUT2D eigenvalue weighted by molar-refractivity contribution is -0.124. The Morgan fingerprint density at radius 1 is 1.22 bits per heavy atom. The van der Waals surface area contributed by atoms with Gasteiger partial charge in [0.2, 0.25) is 0 Å². The molecule has 0 aromatic heterocycles. The highest BCUT2D eigenvalue weighted by atomic mass is 16.5. The molecule has 5 heteroatoms. The van der Waals surface area contributed by atoms with Crippen LogP contribution in [-0.2, 0) is 16.1 Å². The van der Waals surface area contributed by atoms with E-state index in [2.05, 4.69) is 10.6 Å². The molecule has 1 aliphatic heterocycles. The molecule has 0 saturated carbocycles. The summed E-state index contributed by atoms with van der Waals surface area (Å²) < 4.78 is 5.50. The number of carbonyl (C=O) groups is 2. The standard InChI is InChI=1S/C13H16N2O3/c1-13(11(16)14-12(17)15-13)7-8-18-9-10-5-3-2-4-6-10/h2-6H,7-9H2,1H3,(H2,14,15,16,17)/t13-/m1/s1. The molecule has 0 bridgehead atoms. The van der Waals surface area contributed by atoms with Crippen LogP contribution in [0.4, 0.5) is 4.79 Å². The van der Waals surface area contributed by atoms with Gasteiger partial charge in [-0.1, -0.05) is 30.3 Å². The van der Waals surface area contributed by atoms with E-state index in [-0.39, 0.29) is 5.91 Å². The molecular formula is C13H16N2O3. The Bertz CT molecular complexity index is 447. The Hall–Kier alpha value is -1.88. The molecule has 1 saturated heterocycles. The van der Waals surface area contributed by atoms with Crippen molar-refractivity contribution in [3.63, 3.8) is 0 Å².